The molecule has 3 heteroatoms. The first kappa shape index (κ1) is 13.7. The fraction of sp³-hybridized carbons (Fsp3) is 0.933. The van der Waals surface area contributed by atoms with Crippen LogP contribution in [0.25, 0.3) is 0 Å². The summed E-state index contributed by atoms with van der Waals surface area (Å²) < 4.78 is 5.46. The van der Waals surface area contributed by atoms with Crippen LogP contribution >= 0.6 is 0 Å². The summed E-state index contributed by atoms with van der Waals surface area (Å²) >= 11 is 0. The van der Waals surface area contributed by atoms with Gasteiger partial charge in [0, 0.05) is 13.1 Å². The van der Waals surface area contributed by atoms with Crippen molar-refractivity contribution < 1.29 is 9.53 Å². The molecular formula is C15H27NO2. The molecule has 0 radical (unpaired) electrons. The first-order valence-corrected chi connectivity index (χ1v) is 7.31. The Morgan fingerprint density at radius 1 is 1.11 bits per heavy atom. The molecule has 1 unspecified atom stereocenters. The lowest BCUT2D eigenvalue weighted by Gasteiger charge is -2.42. The molecule has 2 fully saturated rings. The third-order valence-electron chi connectivity index (χ3n) is 4.33. The van der Waals surface area contributed by atoms with Crippen LogP contribution in [0.1, 0.15) is 59.3 Å². The highest BCUT2D eigenvalue weighted by Crippen LogP contribution is 2.41. The molecule has 2 saturated carbocycles. The summed E-state index contributed by atoms with van der Waals surface area (Å²) in [6, 6.07) is 0.392. The van der Waals surface area contributed by atoms with Crippen LogP contribution in [0, 0.1) is 11.8 Å². The van der Waals surface area contributed by atoms with Crippen molar-refractivity contribution >= 4 is 6.09 Å². The zero-order valence-electron chi connectivity index (χ0n) is 12.2. The van der Waals surface area contributed by atoms with Gasteiger partial charge in [0.1, 0.15) is 5.60 Å². The van der Waals surface area contributed by atoms with Gasteiger partial charge in [-0.3, -0.25) is 0 Å². The van der Waals surface area contributed by atoms with Gasteiger partial charge in [-0.1, -0.05) is 19.3 Å². The predicted molar refractivity (Wildman–Crippen MR) is 72.5 cm³/mol. The number of ether oxygens (including phenoxy) is 1. The summed E-state index contributed by atoms with van der Waals surface area (Å²) in [4.78, 5) is 13.9. The molecule has 0 spiro atoms. The van der Waals surface area contributed by atoms with Gasteiger partial charge in [-0.05, 0) is 51.9 Å². The first-order valence-electron chi connectivity index (χ1n) is 7.31. The fourth-order valence-corrected chi connectivity index (χ4v) is 3.50. The SMILES string of the molecule is CN(C(=O)OC(C)(C)C)C1C[C@H]2CCC[C@@H](C1)C2. The van der Waals surface area contributed by atoms with Gasteiger partial charge in [0.25, 0.3) is 0 Å². The monoisotopic (exact) mass is 253 g/mol. The Hall–Kier alpha value is -0.730. The number of hydrogen-bond acceptors (Lipinski definition) is 2. The number of hydrogen-bond donors (Lipinski definition) is 0. The highest BCUT2D eigenvalue weighted by atomic mass is 16.6. The van der Waals surface area contributed by atoms with Crippen LogP contribution in [-0.2, 0) is 4.74 Å². The van der Waals surface area contributed by atoms with Crippen molar-refractivity contribution in [3.63, 3.8) is 0 Å². The Kier molecular flexibility index (Phi) is 3.88. The molecule has 2 bridgehead atoms. The van der Waals surface area contributed by atoms with Crippen LogP contribution in [-0.4, -0.2) is 29.7 Å². The van der Waals surface area contributed by atoms with Gasteiger partial charge in [-0.2, -0.15) is 0 Å². The highest BCUT2D eigenvalue weighted by Gasteiger charge is 2.35. The highest BCUT2D eigenvalue weighted by molar-refractivity contribution is 5.68. The van der Waals surface area contributed by atoms with Gasteiger partial charge in [0.2, 0.25) is 0 Å². The standard InChI is InChI=1S/C15H27NO2/c1-15(2,3)18-14(17)16(4)13-9-11-6-5-7-12(8-11)10-13/h11-13H,5-10H2,1-4H3/t11-,12+,13?. The molecule has 2 aliphatic rings. The van der Waals surface area contributed by atoms with Crippen molar-refractivity contribution in [1.29, 1.82) is 0 Å². The van der Waals surface area contributed by atoms with E-state index in [9.17, 15) is 4.79 Å². The van der Waals surface area contributed by atoms with Crippen LogP contribution in [0.5, 0.6) is 0 Å². The second kappa shape index (κ2) is 5.10. The molecule has 0 N–H and O–H groups in total. The van der Waals surface area contributed by atoms with Gasteiger partial charge < -0.3 is 9.64 Å². The van der Waals surface area contributed by atoms with E-state index >= 15 is 0 Å². The van der Waals surface area contributed by atoms with E-state index in [1.165, 1.54) is 38.5 Å². The van der Waals surface area contributed by atoms with Crippen LogP contribution in [0.4, 0.5) is 4.79 Å². The maximum Gasteiger partial charge on any atom is 0.410 e. The smallest absolute Gasteiger partial charge is 0.410 e. The summed E-state index contributed by atoms with van der Waals surface area (Å²) in [7, 11) is 1.90. The molecule has 0 saturated heterocycles. The lowest BCUT2D eigenvalue weighted by Crippen LogP contribution is -2.45. The predicted octanol–water partition coefficient (Wildman–Crippen LogP) is 3.82. The third kappa shape index (κ3) is 3.39. The van der Waals surface area contributed by atoms with Crippen molar-refractivity contribution in [1.82, 2.24) is 4.90 Å². The summed E-state index contributed by atoms with van der Waals surface area (Å²) in [5.74, 6) is 1.68. The lowest BCUT2D eigenvalue weighted by molar-refractivity contribution is 0.00905. The van der Waals surface area contributed by atoms with Crippen molar-refractivity contribution in [3.05, 3.63) is 0 Å². The molecule has 104 valence electrons. The molecule has 0 aromatic rings. The maximum absolute atomic E-state index is 12.1. The first-order chi connectivity index (χ1) is 8.35. The minimum atomic E-state index is -0.393. The molecule has 0 aromatic carbocycles. The van der Waals surface area contributed by atoms with Crippen molar-refractivity contribution in [3.8, 4) is 0 Å². The van der Waals surface area contributed by atoms with Crippen LogP contribution in [0.2, 0.25) is 0 Å². The zero-order valence-corrected chi connectivity index (χ0v) is 12.2. The molecule has 0 aromatic heterocycles. The van der Waals surface area contributed by atoms with Crippen molar-refractivity contribution in [2.45, 2.75) is 70.9 Å². The van der Waals surface area contributed by atoms with E-state index in [1.807, 2.05) is 32.7 Å². The van der Waals surface area contributed by atoms with E-state index in [-0.39, 0.29) is 6.09 Å². The second-order valence-corrected chi connectivity index (χ2v) is 7.12. The topological polar surface area (TPSA) is 29.5 Å². The van der Waals surface area contributed by atoms with Gasteiger partial charge in [-0.25, -0.2) is 4.79 Å². The van der Waals surface area contributed by atoms with Crippen molar-refractivity contribution in [2.75, 3.05) is 7.05 Å². The van der Waals surface area contributed by atoms with E-state index in [0.717, 1.165) is 11.8 Å². The summed E-state index contributed by atoms with van der Waals surface area (Å²) in [5, 5.41) is 0. The normalized spacial score (nSPS) is 31.9. The third-order valence-corrected chi connectivity index (χ3v) is 4.33. The number of fused-ring (bicyclic) bond motifs is 2. The molecule has 2 aliphatic carbocycles. The fourth-order valence-electron chi connectivity index (χ4n) is 3.50. The Morgan fingerprint density at radius 2 is 1.67 bits per heavy atom. The Bertz CT molecular complexity index is 296. The second-order valence-electron chi connectivity index (χ2n) is 7.12. The zero-order chi connectivity index (χ0) is 13.3. The van der Waals surface area contributed by atoms with Gasteiger partial charge in [-0.15, -0.1) is 0 Å². The van der Waals surface area contributed by atoms with E-state index in [4.69, 9.17) is 4.74 Å². The molecule has 3 atom stereocenters. The average Bonchev–Trinajstić information content (AvgIpc) is 2.25. The molecule has 0 aliphatic heterocycles. The van der Waals surface area contributed by atoms with E-state index in [0.29, 0.717) is 6.04 Å². The number of carbonyl (C=O) groups is 1. The Labute approximate surface area is 111 Å². The van der Waals surface area contributed by atoms with Crippen LogP contribution in [0.3, 0.4) is 0 Å². The van der Waals surface area contributed by atoms with Gasteiger partial charge >= 0.3 is 6.09 Å². The maximum atomic E-state index is 12.1. The minimum absolute atomic E-state index is 0.160. The molecule has 1 amide bonds. The minimum Gasteiger partial charge on any atom is -0.444 e. The Morgan fingerprint density at radius 3 is 2.17 bits per heavy atom. The van der Waals surface area contributed by atoms with E-state index in [2.05, 4.69) is 0 Å². The summed E-state index contributed by atoms with van der Waals surface area (Å²) in [6.45, 7) is 5.77. The van der Waals surface area contributed by atoms with Crippen LogP contribution < -0.4 is 0 Å². The number of rotatable bonds is 1. The van der Waals surface area contributed by atoms with Crippen LogP contribution in [0.15, 0.2) is 0 Å². The lowest BCUT2D eigenvalue weighted by atomic mass is 9.70. The summed E-state index contributed by atoms with van der Waals surface area (Å²) in [6.07, 6.45) is 7.67. The van der Waals surface area contributed by atoms with Gasteiger partial charge in [0.15, 0.2) is 0 Å². The van der Waals surface area contributed by atoms with Gasteiger partial charge in [0.05, 0.1) is 0 Å². The summed E-state index contributed by atoms with van der Waals surface area (Å²) in [5.41, 5.74) is -0.393. The number of carbonyl (C=O) groups excluding carboxylic acids is 1. The number of nitrogens with zero attached hydrogens (tertiary/aromatic N) is 1. The number of amides is 1. The van der Waals surface area contributed by atoms with E-state index in [1.54, 1.807) is 0 Å². The molecule has 18 heavy (non-hydrogen) atoms. The molecule has 0 heterocycles. The van der Waals surface area contributed by atoms with Crippen molar-refractivity contribution in [2.24, 2.45) is 11.8 Å². The van der Waals surface area contributed by atoms with E-state index < -0.39 is 5.60 Å². The molecule has 3 nitrogen and oxygen atoms in total. The Balaban J connectivity index is 1.92. The molecular weight excluding hydrogens is 226 g/mol. The quantitative estimate of drug-likeness (QED) is 0.711. The molecule has 2 rings (SSSR count). The average molecular weight is 253 g/mol. The largest absolute Gasteiger partial charge is 0.444 e.